The molecule has 0 saturated carbocycles. The van der Waals surface area contributed by atoms with E-state index in [1.165, 1.54) is 7.11 Å². The van der Waals surface area contributed by atoms with Gasteiger partial charge in [-0.2, -0.15) is 0 Å². The van der Waals surface area contributed by atoms with E-state index in [1.807, 2.05) is 19.9 Å². The van der Waals surface area contributed by atoms with E-state index in [0.717, 1.165) is 5.76 Å². The van der Waals surface area contributed by atoms with Gasteiger partial charge in [-0.1, -0.05) is 13.8 Å². The number of esters is 1. The number of ether oxygens (including phenoxy) is 1. The third-order valence-electron chi connectivity index (χ3n) is 2.62. The second kappa shape index (κ2) is 6.83. The van der Waals surface area contributed by atoms with Gasteiger partial charge in [0.2, 0.25) is 5.91 Å². The Kier molecular flexibility index (Phi) is 5.42. The first kappa shape index (κ1) is 14.3. The Hall–Kier alpha value is -1.78. The molecule has 1 N–H and O–H groups in total. The van der Waals surface area contributed by atoms with Crippen LogP contribution in [0.5, 0.6) is 0 Å². The van der Waals surface area contributed by atoms with Crippen molar-refractivity contribution in [1.82, 2.24) is 5.32 Å². The van der Waals surface area contributed by atoms with Crippen molar-refractivity contribution in [3.05, 3.63) is 24.2 Å². The van der Waals surface area contributed by atoms with Gasteiger partial charge in [-0.05, 0) is 18.1 Å². The normalized spacial score (nSPS) is 12.2. The maximum absolute atomic E-state index is 11.7. The number of hydrogen-bond acceptors (Lipinski definition) is 4. The van der Waals surface area contributed by atoms with Crippen LogP contribution in [0.15, 0.2) is 22.8 Å². The highest BCUT2D eigenvalue weighted by atomic mass is 16.5. The van der Waals surface area contributed by atoms with Crippen LogP contribution >= 0.6 is 0 Å². The Morgan fingerprint density at radius 1 is 1.44 bits per heavy atom. The SMILES string of the molecule is COC(=O)C(NC(=O)CCc1ccco1)C(C)C. The molecule has 0 radical (unpaired) electrons. The van der Waals surface area contributed by atoms with E-state index in [1.54, 1.807) is 12.3 Å². The highest BCUT2D eigenvalue weighted by Crippen LogP contribution is 2.06. The first-order valence-electron chi connectivity index (χ1n) is 5.94. The summed E-state index contributed by atoms with van der Waals surface area (Å²) < 4.78 is 9.79. The molecule has 1 atom stereocenters. The van der Waals surface area contributed by atoms with Gasteiger partial charge in [0.05, 0.1) is 13.4 Å². The molecule has 18 heavy (non-hydrogen) atoms. The van der Waals surface area contributed by atoms with Crippen LogP contribution in [0.3, 0.4) is 0 Å². The fourth-order valence-electron chi connectivity index (χ4n) is 1.56. The molecule has 0 aromatic carbocycles. The van der Waals surface area contributed by atoms with E-state index >= 15 is 0 Å². The number of amides is 1. The number of nitrogens with one attached hydrogen (secondary N) is 1. The maximum Gasteiger partial charge on any atom is 0.328 e. The minimum atomic E-state index is -0.598. The van der Waals surface area contributed by atoms with E-state index in [-0.39, 0.29) is 18.2 Å². The van der Waals surface area contributed by atoms with Crippen molar-refractivity contribution in [3.8, 4) is 0 Å². The summed E-state index contributed by atoms with van der Waals surface area (Å²) >= 11 is 0. The molecule has 0 bridgehead atoms. The monoisotopic (exact) mass is 253 g/mol. The first-order chi connectivity index (χ1) is 8.54. The average Bonchev–Trinajstić information content (AvgIpc) is 2.85. The summed E-state index contributed by atoms with van der Waals surface area (Å²) in [5.74, 6) is 0.140. The topological polar surface area (TPSA) is 68.5 Å². The van der Waals surface area contributed by atoms with Crippen LogP contribution in [-0.4, -0.2) is 25.0 Å². The van der Waals surface area contributed by atoms with Crippen molar-refractivity contribution in [2.24, 2.45) is 5.92 Å². The fraction of sp³-hybridized carbons (Fsp3) is 0.538. The number of aryl methyl sites for hydroxylation is 1. The zero-order valence-corrected chi connectivity index (χ0v) is 10.9. The lowest BCUT2D eigenvalue weighted by Gasteiger charge is -2.19. The molecular weight excluding hydrogens is 234 g/mol. The predicted octanol–water partition coefficient (Wildman–Crippen LogP) is 1.53. The predicted molar refractivity (Wildman–Crippen MR) is 65.8 cm³/mol. The average molecular weight is 253 g/mol. The zero-order chi connectivity index (χ0) is 13.5. The summed E-state index contributed by atoms with van der Waals surface area (Å²) in [5.41, 5.74) is 0. The molecule has 1 amide bonds. The molecule has 5 heteroatoms. The van der Waals surface area contributed by atoms with Gasteiger partial charge in [0.25, 0.3) is 0 Å². The third kappa shape index (κ3) is 4.24. The Bertz CT molecular complexity index is 384. The standard InChI is InChI=1S/C13H19NO4/c1-9(2)12(13(16)17-3)14-11(15)7-6-10-5-4-8-18-10/h4-5,8-9,12H,6-7H2,1-3H3,(H,14,15). The van der Waals surface area contributed by atoms with Gasteiger partial charge in [-0.15, -0.1) is 0 Å². The van der Waals surface area contributed by atoms with Crippen LogP contribution in [-0.2, 0) is 20.7 Å². The van der Waals surface area contributed by atoms with E-state index in [9.17, 15) is 9.59 Å². The van der Waals surface area contributed by atoms with Crippen LogP contribution in [0.4, 0.5) is 0 Å². The Labute approximate surface area is 106 Å². The van der Waals surface area contributed by atoms with Crippen LogP contribution in [0.25, 0.3) is 0 Å². The molecule has 1 unspecified atom stereocenters. The van der Waals surface area contributed by atoms with Crippen LogP contribution in [0, 0.1) is 5.92 Å². The molecule has 0 aliphatic carbocycles. The Morgan fingerprint density at radius 3 is 2.67 bits per heavy atom. The first-order valence-corrected chi connectivity index (χ1v) is 5.94. The Morgan fingerprint density at radius 2 is 2.17 bits per heavy atom. The summed E-state index contributed by atoms with van der Waals surface area (Å²) in [5, 5.41) is 2.67. The van der Waals surface area contributed by atoms with Gasteiger partial charge in [0.15, 0.2) is 0 Å². The number of carbonyl (C=O) groups excluding carboxylic acids is 2. The molecule has 0 spiro atoms. The molecule has 0 aliphatic heterocycles. The molecule has 1 aromatic heterocycles. The molecule has 0 saturated heterocycles. The number of hydrogen-bond donors (Lipinski definition) is 1. The molecule has 5 nitrogen and oxygen atoms in total. The lowest BCUT2D eigenvalue weighted by atomic mass is 10.0. The fourth-order valence-corrected chi connectivity index (χ4v) is 1.56. The summed E-state index contributed by atoms with van der Waals surface area (Å²) in [7, 11) is 1.31. The summed E-state index contributed by atoms with van der Waals surface area (Å²) in [4.78, 5) is 23.2. The summed E-state index contributed by atoms with van der Waals surface area (Å²) in [6.45, 7) is 3.71. The van der Waals surface area contributed by atoms with Crippen molar-refractivity contribution in [2.75, 3.05) is 7.11 Å². The molecule has 100 valence electrons. The van der Waals surface area contributed by atoms with Gasteiger partial charge in [-0.25, -0.2) is 4.79 Å². The number of methoxy groups -OCH3 is 1. The largest absolute Gasteiger partial charge is 0.469 e. The smallest absolute Gasteiger partial charge is 0.328 e. The summed E-state index contributed by atoms with van der Waals surface area (Å²) in [6, 6.07) is 2.99. The molecule has 0 aliphatic rings. The van der Waals surface area contributed by atoms with Crippen molar-refractivity contribution < 1.29 is 18.7 Å². The van der Waals surface area contributed by atoms with Gasteiger partial charge < -0.3 is 14.5 Å². The van der Waals surface area contributed by atoms with Gasteiger partial charge >= 0.3 is 5.97 Å². The minimum Gasteiger partial charge on any atom is -0.469 e. The number of furan rings is 1. The second-order valence-electron chi connectivity index (χ2n) is 4.39. The van der Waals surface area contributed by atoms with E-state index < -0.39 is 12.0 Å². The Balaban J connectivity index is 2.44. The zero-order valence-electron chi connectivity index (χ0n) is 10.9. The lowest BCUT2D eigenvalue weighted by molar-refractivity contribution is -0.146. The third-order valence-corrected chi connectivity index (χ3v) is 2.62. The molecular formula is C13H19NO4. The van der Waals surface area contributed by atoms with Crippen molar-refractivity contribution >= 4 is 11.9 Å². The van der Waals surface area contributed by atoms with Crippen molar-refractivity contribution in [3.63, 3.8) is 0 Å². The number of rotatable bonds is 6. The van der Waals surface area contributed by atoms with Gasteiger partial charge in [0.1, 0.15) is 11.8 Å². The van der Waals surface area contributed by atoms with Crippen LogP contribution < -0.4 is 5.32 Å². The van der Waals surface area contributed by atoms with Crippen molar-refractivity contribution in [2.45, 2.75) is 32.7 Å². The van der Waals surface area contributed by atoms with Gasteiger partial charge in [0, 0.05) is 12.8 Å². The molecule has 1 aromatic rings. The highest BCUT2D eigenvalue weighted by molar-refractivity contribution is 5.84. The van der Waals surface area contributed by atoms with Crippen LogP contribution in [0.1, 0.15) is 26.0 Å². The van der Waals surface area contributed by atoms with E-state index in [2.05, 4.69) is 10.1 Å². The lowest BCUT2D eigenvalue weighted by Crippen LogP contribution is -2.45. The second-order valence-corrected chi connectivity index (χ2v) is 4.39. The molecule has 1 heterocycles. The van der Waals surface area contributed by atoms with E-state index in [4.69, 9.17) is 4.42 Å². The van der Waals surface area contributed by atoms with Gasteiger partial charge in [-0.3, -0.25) is 4.79 Å². The minimum absolute atomic E-state index is 0.00925. The highest BCUT2D eigenvalue weighted by Gasteiger charge is 2.24. The summed E-state index contributed by atoms with van der Waals surface area (Å²) in [6.07, 6.45) is 2.37. The van der Waals surface area contributed by atoms with Crippen molar-refractivity contribution in [1.29, 1.82) is 0 Å². The maximum atomic E-state index is 11.7. The van der Waals surface area contributed by atoms with Crippen LogP contribution in [0.2, 0.25) is 0 Å². The molecule has 1 rings (SSSR count). The molecule has 0 fully saturated rings. The number of carbonyl (C=O) groups is 2. The van der Waals surface area contributed by atoms with E-state index in [0.29, 0.717) is 6.42 Å². The quantitative estimate of drug-likeness (QED) is 0.780.